The van der Waals surface area contributed by atoms with Gasteiger partial charge >= 0.3 is 12.3 Å². The summed E-state index contributed by atoms with van der Waals surface area (Å²) in [5, 5.41) is 12.5. The number of benzene rings is 3. The van der Waals surface area contributed by atoms with E-state index >= 15 is 0 Å². The molecule has 202 valence electrons. The monoisotopic (exact) mass is 570 g/mol. The Morgan fingerprint density at radius 3 is 2.00 bits per heavy atom. The molecule has 8 nitrogen and oxygen atoms in total. The van der Waals surface area contributed by atoms with E-state index < -0.39 is 40.1 Å². The molecule has 0 aliphatic heterocycles. The second-order valence-electron chi connectivity index (χ2n) is 8.01. The van der Waals surface area contributed by atoms with Gasteiger partial charge in [-0.05, 0) is 72.5 Å². The van der Waals surface area contributed by atoms with Crippen molar-refractivity contribution in [1.29, 1.82) is 0 Å². The Labute approximate surface area is 221 Å². The first kappa shape index (κ1) is 29.0. The molecule has 0 aromatic heterocycles. The van der Waals surface area contributed by atoms with E-state index in [1.807, 2.05) is 0 Å². The molecule has 0 saturated carbocycles. The normalized spacial score (nSPS) is 12.5. The van der Waals surface area contributed by atoms with Crippen LogP contribution in [0.15, 0.2) is 77.7 Å². The summed E-state index contributed by atoms with van der Waals surface area (Å²) >= 11 is 5.88. The predicted molar refractivity (Wildman–Crippen MR) is 133 cm³/mol. The number of hydrogen-bond donors (Lipinski definition) is 3. The highest BCUT2D eigenvalue weighted by atomic mass is 35.5. The fourth-order valence-corrected chi connectivity index (χ4v) is 4.72. The number of carboxylic acids is 1. The van der Waals surface area contributed by atoms with Crippen LogP contribution in [0.4, 0.5) is 13.2 Å². The van der Waals surface area contributed by atoms with E-state index in [0.717, 1.165) is 35.4 Å². The van der Waals surface area contributed by atoms with Crippen LogP contribution in [-0.2, 0) is 14.8 Å². The average molecular weight is 571 g/mol. The number of hydrogen-bond acceptors (Lipinski definition) is 5. The van der Waals surface area contributed by atoms with E-state index in [0.29, 0.717) is 5.02 Å². The third-order valence-corrected chi connectivity index (χ3v) is 6.98. The minimum atomic E-state index is -4.85. The van der Waals surface area contributed by atoms with Gasteiger partial charge in [0.25, 0.3) is 5.91 Å². The second-order valence-corrected chi connectivity index (χ2v) is 10.2. The summed E-state index contributed by atoms with van der Waals surface area (Å²) in [6, 6.07) is 15.7. The van der Waals surface area contributed by atoms with E-state index in [1.54, 1.807) is 36.4 Å². The molecule has 1 unspecified atom stereocenters. The third kappa shape index (κ3) is 8.47. The molecule has 0 bridgehead atoms. The van der Waals surface area contributed by atoms with Crippen molar-refractivity contribution >= 4 is 33.5 Å². The molecule has 0 radical (unpaired) electrons. The van der Waals surface area contributed by atoms with Crippen molar-refractivity contribution in [3.8, 4) is 16.9 Å². The van der Waals surface area contributed by atoms with Gasteiger partial charge in [-0.2, -0.15) is 4.72 Å². The first-order valence-corrected chi connectivity index (χ1v) is 13.0. The average Bonchev–Trinajstić information content (AvgIpc) is 2.85. The standard InChI is InChI=1S/C25H22ClF3N2O6S/c26-19-9-3-16(4-10-19)17-7-13-21(14-8-17)38(35,36)31-22(24(33)34)2-1-15-30-23(32)18-5-11-20(12-6-18)37-25(27,28)29/h3-14,22,31H,1-2,15H2,(H,30,32)(H,33,34). The number of sulfonamides is 1. The lowest BCUT2D eigenvalue weighted by atomic mass is 10.1. The van der Waals surface area contributed by atoms with Crippen LogP contribution < -0.4 is 14.8 Å². The maximum Gasteiger partial charge on any atom is 0.573 e. The van der Waals surface area contributed by atoms with Crippen LogP contribution in [0.1, 0.15) is 23.2 Å². The number of aliphatic carboxylic acids is 1. The van der Waals surface area contributed by atoms with Crippen molar-refractivity contribution < 1.29 is 41.0 Å². The SMILES string of the molecule is O=C(NCCCC(NS(=O)(=O)c1ccc(-c2ccc(Cl)cc2)cc1)C(=O)O)c1ccc(OC(F)(F)F)cc1. The lowest BCUT2D eigenvalue weighted by molar-refractivity contribution is -0.274. The molecule has 13 heteroatoms. The summed E-state index contributed by atoms with van der Waals surface area (Å²) < 4.78 is 68.1. The van der Waals surface area contributed by atoms with E-state index in [9.17, 15) is 36.3 Å². The maximum atomic E-state index is 12.7. The zero-order chi connectivity index (χ0) is 27.9. The van der Waals surface area contributed by atoms with Crippen molar-refractivity contribution in [2.75, 3.05) is 6.54 Å². The van der Waals surface area contributed by atoms with Gasteiger partial charge in [0.05, 0.1) is 4.90 Å². The summed E-state index contributed by atoms with van der Waals surface area (Å²) in [6.45, 7) is 0.000925. The number of ether oxygens (including phenoxy) is 1. The van der Waals surface area contributed by atoms with Gasteiger partial charge in [0.15, 0.2) is 0 Å². The number of alkyl halides is 3. The van der Waals surface area contributed by atoms with Crippen molar-refractivity contribution in [3.05, 3.63) is 83.4 Å². The molecular weight excluding hydrogens is 549 g/mol. The molecule has 0 heterocycles. The van der Waals surface area contributed by atoms with Crippen LogP contribution in [0.25, 0.3) is 11.1 Å². The number of carboxylic acid groups (broad SMARTS) is 1. The fourth-order valence-electron chi connectivity index (χ4n) is 3.38. The number of carbonyl (C=O) groups is 2. The minimum Gasteiger partial charge on any atom is -0.480 e. The molecule has 0 saturated heterocycles. The summed E-state index contributed by atoms with van der Waals surface area (Å²) in [5.74, 6) is -2.47. The van der Waals surface area contributed by atoms with Crippen LogP contribution in [0.5, 0.6) is 5.75 Å². The van der Waals surface area contributed by atoms with Gasteiger partial charge in [0, 0.05) is 17.1 Å². The molecule has 3 rings (SSSR count). The highest BCUT2D eigenvalue weighted by Crippen LogP contribution is 2.24. The largest absolute Gasteiger partial charge is 0.573 e. The minimum absolute atomic E-state index is 0.000925. The Balaban J connectivity index is 1.53. The van der Waals surface area contributed by atoms with Crippen LogP contribution in [0, 0.1) is 0 Å². The quantitative estimate of drug-likeness (QED) is 0.283. The molecule has 3 aromatic carbocycles. The molecule has 0 spiro atoms. The molecule has 1 amide bonds. The fraction of sp³-hybridized carbons (Fsp3) is 0.200. The number of halogens is 4. The Bertz CT molecular complexity index is 1360. The summed E-state index contributed by atoms with van der Waals surface area (Å²) in [7, 11) is -4.16. The molecule has 1 atom stereocenters. The Hall–Kier alpha value is -3.61. The van der Waals surface area contributed by atoms with Crippen LogP contribution in [-0.4, -0.2) is 44.3 Å². The molecule has 38 heavy (non-hydrogen) atoms. The number of nitrogens with one attached hydrogen (secondary N) is 2. The topological polar surface area (TPSA) is 122 Å². The molecule has 3 N–H and O–H groups in total. The van der Waals surface area contributed by atoms with E-state index in [2.05, 4.69) is 14.8 Å². The van der Waals surface area contributed by atoms with Gasteiger partial charge in [0.2, 0.25) is 10.0 Å². The highest BCUT2D eigenvalue weighted by molar-refractivity contribution is 7.89. The lowest BCUT2D eigenvalue weighted by Crippen LogP contribution is -2.41. The van der Waals surface area contributed by atoms with E-state index in [-0.39, 0.29) is 29.8 Å². The second kappa shape index (κ2) is 12.3. The van der Waals surface area contributed by atoms with Gasteiger partial charge in [-0.3, -0.25) is 9.59 Å². The van der Waals surface area contributed by atoms with Crippen LogP contribution >= 0.6 is 11.6 Å². The summed E-state index contributed by atoms with van der Waals surface area (Å²) in [5.41, 5.74) is 1.63. The van der Waals surface area contributed by atoms with E-state index in [4.69, 9.17) is 11.6 Å². The predicted octanol–water partition coefficient (Wildman–Crippen LogP) is 4.85. The molecule has 0 fully saturated rings. The maximum absolute atomic E-state index is 12.7. The highest BCUT2D eigenvalue weighted by Gasteiger charge is 2.31. The molecule has 0 aliphatic carbocycles. The van der Waals surface area contributed by atoms with Gasteiger partial charge in [0.1, 0.15) is 11.8 Å². The van der Waals surface area contributed by atoms with Crippen molar-refractivity contribution in [1.82, 2.24) is 10.0 Å². The van der Waals surface area contributed by atoms with Gasteiger partial charge < -0.3 is 15.2 Å². The third-order valence-electron chi connectivity index (χ3n) is 5.24. The van der Waals surface area contributed by atoms with Gasteiger partial charge in [-0.25, -0.2) is 8.42 Å². The Kier molecular flexibility index (Phi) is 9.36. The van der Waals surface area contributed by atoms with Crippen molar-refractivity contribution in [2.45, 2.75) is 30.1 Å². The molecule has 0 aliphatic rings. The van der Waals surface area contributed by atoms with Gasteiger partial charge in [-0.1, -0.05) is 35.9 Å². The molecule has 3 aromatic rings. The van der Waals surface area contributed by atoms with Crippen LogP contribution in [0.2, 0.25) is 5.02 Å². The van der Waals surface area contributed by atoms with Crippen molar-refractivity contribution in [3.63, 3.8) is 0 Å². The Morgan fingerprint density at radius 2 is 1.47 bits per heavy atom. The smallest absolute Gasteiger partial charge is 0.480 e. The number of amides is 1. The Morgan fingerprint density at radius 1 is 0.921 bits per heavy atom. The van der Waals surface area contributed by atoms with Crippen LogP contribution in [0.3, 0.4) is 0 Å². The summed E-state index contributed by atoms with van der Waals surface area (Å²) in [6.07, 6.45) is -4.88. The number of rotatable bonds is 11. The zero-order valence-corrected chi connectivity index (χ0v) is 21.1. The lowest BCUT2D eigenvalue weighted by Gasteiger charge is -2.15. The molecular formula is C25H22ClF3N2O6S. The number of carbonyl (C=O) groups excluding carboxylic acids is 1. The zero-order valence-electron chi connectivity index (χ0n) is 19.5. The van der Waals surface area contributed by atoms with Crippen molar-refractivity contribution in [2.24, 2.45) is 0 Å². The summed E-state index contributed by atoms with van der Waals surface area (Å²) in [4.78, 5) is 23.7. The van der Waals surface area contributed by atoms with E-state index in [1.165, 1.54) is 12.1 Å². The van der Waals surface area contributed by atoms with Gasteiger partial charge in [-0.15, -0.1) is 13.2 Å². The first-order valence-electron chi connectivity index (χ1n) is 11.1. The first-order chi connectivity index (χ1) is 17.8.